The molecule has 0 amide bonds. The molecular formula is C13H22N2O. The average molecular weight is 222 g/mol. The molecule has 0 aromatic carbocycles. The summed E-state index contributed by atoms with van der Waals surface area (Å²) in [7, 11) is 1.66. The van der Waals surface area contributed by atoms with Gasteiger partial charge < -0.3 is 10.1 Å². The smallest absolute Gasteiger partial charge is 0.137 e. The van der Waals surface area contributed by atoms with Crippen molar-refractivity contribution in [2.45, 2.75) is 33.7 Å². The second-order valence-corrected chi connectivity index (χ2v) is 5.22. The Balaban J connectivity index is 2.32. The van der Waals surface area contributed by atoms with E-state index in [1.165, 1.54) is 6.42 Å². The average Bonchev–Trinajstić information content (AvgIpc) is 2.23. The van der Waals surface area contributed by atoms with Gasteiger partial charge in [0, 0.05) is 12.7 Å². The van der Waals surface area contributed by atoms with Gasteiger partial charge >= 0.3 is 0 Å². The number of hydrogen-bond donors (Lipinski definition) is 1. The third kappa shape index (κ3) is 5.12. The molecule has 0 aliphatic heterocycles. The minimum Gasteiger partial charge on any atom is -0.495 e. The van der Waals surface area contributed by atoms with E-state index in [2.05, 4.69) is 31.1 Å². The number of ether oxygens (including phenoxy) is 1. The SMILES string of the molecule is COc1cncc(CNCCC(C)(C)C)c1. The molecule has 3 nitrogen and oxygen atoms in total. The van der Waals surface area contributed by atoms with E-state index in [0.717, 1.165) is 24.4 Å². The number of pyridine rings is 1. The molecule has 0 saturated heterocycles. The van der Waals surface area contributed by atoms with Crippen LogP contribution in [0, 0.1) is 5.41 Å². The van der Waals surface area contributed by atoms with Crippen molar-refractivity contribution in [2.75, 3.05) is 13.7 Å². The Morgan fingerprint density at radius 2 is 2.06 bits per heavy atom. The third-order valence-corrected chi connectivity index (χ3v) is 2.39. The molecule has 0 atom stereocenters. The van der Waals surface area contributed by atoms with Gasteiger partial charge in [0.2, 0.25) is 0 Å². The molecule has 3 heteroatoms. The Labute approximate surface area is 98.2 Å². The maximum Gasteiger partial charge on any atom is 0.137 e. The lowest BCUT2D eigenvalue weighted by atomic mass is 9.92. The minimum absolute atomic E-state index is 0.389. The first kappa shape index (κ1) is 13.0. The van der Waals surface area contributed by atoms with Gasteiger partial charge in [0.15, 0.2) is 0 Å². The third-order valence-electron chi connectivity index (χ3n) is 2.39. The Kier molecular flexibility index (Phi) is 4.74. The molecule has 0 aliphatic rings. The highest BCUT2D eigenvalue weighted by atomic mass is 16.5. The van der Waals surface area contributed by atoms with Gasteiger partial charge in [-0.05, 0) is 30.0 Å². The zero-order valence-corrected chi connectivity index (χ0v) is 10.7. The van der Waals surface area contributed by atoms with Crippen molar-refractivity contribution in [2.24, 2.45) is 5.41 Å². The summed E-state index contributed by atoms with van der Waals surface area (Å²) in [5, 5.41) is 3.41. The van der Waals surface area contributed by atoms with E-state index in [-0.39, 0.29) is 0 Å². The topological polar surface area (TPSA) is 34.1 Å². The summed E-state index contributed by atoms with van der Waals surface area (Å²) in [6, 6.07) is 2.01. The summed E-state index contributed by atoms with van der Waals surface area (Å²) in [6.45, 7) is 8.63. The molecule has 16 heavy (non-hydrogen) atoms. The molecule has 1 aromatic heterocycles. The lowest BCUT2D eigenvalue weighted by Crippen LogP contribution is -2.20. The van der Waals surface area contributed by atoms with E-state index in [0.29, 0.717) is 5.41 Å². The van der Waals surface area contributed by atoms with Gasteiger partial charge in [0.05, 0.1) is 13.3 Å². The number of rotatable bonds is 5. The highest BCUT2D eigenvalue weighted by molar-refractivity contribution is 5.23. The number of methoxy groups -OCH3 is 1. The van der Waals surface area contributed by atoms with E-state index < -0.39 is 0 Å². The van der Waals surface area contributed by atoms with Crippen LogP contribution in [0.25, 0.3) is 0 Å². The van der Waals surface area contributed by atoms with Crippen LogP contribution in [0.2, 0.25) is 0 Å². The van der Waals surface area contributed by atoms with Gasteiger partial charge in [-0.1, -0.05) is 20.8 Å². The summed E-state index contributed by atoms with van der Waals surface area (Å²) < 4.78 is 5.13. The van der Waals surface area contributed by atoms with Crippen molar-refractivity contribution in [1.29, 1.82) is 0 Å². The van der Waals surface area contributed by atoms with Crippen LogP contribution in [0.15, 0.2) is 18.5 Å². The van der Waals surface area contributed by atoms with E-state index >= 15 is 0 Å². The molecule has 0 saturated carbocycles. The molecule has 0 bridgehead atoms. The fourth-order valence-corrected chi connectivity index (χ4v) is 1.37. The quantitative estimate of drug-likeness (QED) is 0.778. The summed E-state index contributed by atoms with van der Waals surface area (Å²) in [5.74, 6) is 0.815. The van der Waals surface area contributed by atoms with Gasteiger partial charge in [-0.25, -0.2) is 0 Å². The van der Waals surface area contributed by atoms with Gasteiger partial charge in [0.25, 0.3) is 0 Å². The molecule has 0 aliphatic carbocycles. The van der Waals surface area contributed by atoms with Crippen LogP contribution in [0.3, 0.4) is 0 Å². The first-order chi connectivity index (χ1) is 7.51. The molecule has 1 heterocycles. The van der Waals surface area contributed by atoms with Crippen LogP contribution in [0.1, 0.15) is 32.8 Å². The molecule has 0 fully saturated rings. The number of aromatic nitrogens is 1. The molecule has 0 spiro atoms. The number of hydrogen-bond acceptors (Lipinski definition) is 3. The first-order valence-corrected chi connectivity index (χ1v) is 5.70. The fraction of sp³-hybridized carbons (Fsp3) is 0.615. The maximum atomic E-state index is 5.13. The van der Waals surface area contributed by atoms with Crippen LogP contribution in [0.4, 0.5) is 0 Å². The molecular weight excluding hydrogens is 200 g/mol. The van der Waals surface area contributed by atoms with Crippen molar-refractivity contribution < 1.29 is 4.74 Å². The highest BCUT2D eigenvalue weighted by Gasteiger charge is 2.08. The highest BCUT2D eigenvalue weighted by Crippen LogP contribution is 2.17. The van der Waals surface area contributed by atoms with E-state index in [4.69, 9.17) is 4.74 Å². The van der Waals surface area contributed by atoms with Crippen LogP contribution in [-0.4, -0.2) is 18.6 Å². The van der Waals surface area contributed by atoms with E-state index in [9.17, 15) is 0 Å². The Morgan fingerprint density at radius 1 is 1.31 bits per heavy atom. The van der Waals surface area contributed by atoms with Gasteiger partial charge in [-0.3, -0.25) is 4.98 Å². The van der Waals surface area contributed by atoms with Crippen LogP contribution in [0.5, 0.6) is 5.75 Å². The molecule has 90 valence electrons. The standard InChI is InChI=1S/C13H22N2O/c1-13(2,3)5-6-14-8-11-7-12(16-4)10-15-9-11/h7,9-10,14H,5-6,8H2,1-4H3. The van der Waals surface area contributed by atoms with Gasteiger partial charge in [-0.2, -0.15) is 0 Å². The lowest BCUT2D eigenvalue weighted by molar-refractivity contribution is 0.366. The Bertz CT molecular complexity index is 318. The first-order valence-electron chi connectivity index (χ1n) is 5.70. The Morgan fingerprint density at radius 3 is 2.69 bits per heavy atom. The summed E-state index contributed by atoms with van der Waals surface area (Å²) in [5.41, 5.74) is 1.55. The second kappa shape index (κ2) is 5.85. The predicted molar refractivity (Wildman–Crippen MR) is 66.6 cm³/mol. The maximum absolute atomic E-state index is 5.13. The predicted octanol–water partition coefficient (Wildman–Crippen LogP) is 2.62. The molecule has 1 N–H and O–H groups in total. The second-order valence-electron chi connectivity index (χ2n) is 5.22. The van der Waals surface area contributed by atoms with Crippen molar-refractivity contribution in [3.8, 4) is 5.75 Å². The van der Waals surface area contributed by atoms with Crippen molar-refractivity contribution in [3.05, 3.63) is 24.0 Å². The summed E-state index contributed by atoms with van der Waals surface area (Å²) in [4.78, 5) is 4.12. The van der Waals surface area contributed by atoms with Crippen LogP contribution < -0.4 is 10.1 Å². The fourth-order valence-electron chi connectivity index (χ4n) is 1.37. The zero-order chi connectivity index (χ0) is 12.0. The number of nitrogens with one attached hydrogen (secondary N) is 1. The zero-order valence-electron chi connectivity index (χ0n) is 10.7. The molecule has 1 rings (SSSR count). The van der Waals surface area contributed by atoms with Crippen LogP contribution >= 0.6 is 0 Å². The minimum atomic E-state index is 0.389. The van der Waals surface area contributed by atoms with Gasteiger partial charge in [-0.15, -0.1) is 0 Å². The number of nitrogens with zero attached hydrogens (tertiary/aromatic N) is 1. The molecule has 1 aromatic rings. The molecule has 0 unspecified atom stereocenters. The normalized spacial score (nSPS) is 11.5. The van der Waals surface area contributed by atoms with Crippen LogP contribution in [-0.2, 0) is 6.54 Å². The van der Waals surface area contributed by atoms with Gasteiger partial charge in [0.1, 0.15) is 5.75 Å². The van der Waals surface area contributed by atoms with Crippen molar-refractivity contribution in [3.63, 3.8) is 0 Å². The van der Waals surface area contributed by atoms with E-state index in [1.54, 1.807) is 13.3 Å². The monoisotopic (exact) mass is 222 g/mol. The summed E-state index contributed by atoms with van der Waals surface area (Å²) in [6.07, 6.45) is 4.76. The van der Waals surface area contributed by atoms with E-state index in [1.807, 2.05) is 12.3 Å². The largest absolute Gasteiger partial charge is 0.495 e. The summed E-state index contributed by atoms with van der Waals surface area (Å²) >= 11 is 0. The molecule has 0 radical (unpaired) electrons. The van der Waals surface area contributed by atoms with Crippen molar-refractivity contribution in [1.82, 2.24) is 10.3 Å². The van der Waals surface area contributed by atoms with Crippen molar-refractivity contribution >= 4 is 0 Å². The Hall–Kier alpha value is -1.09. The lowest BCUT2D eigenvalue weighted by Gasteiger charge is -2.18.